The second-order valence-corrected chi connectivity index (χ2v) is 5.50. The number of nitrogens with one attached hydrogen (secondary N) is 1. The molecule has 0 spiro atoms. The molecule has 19 heavy (non-hydrogen) atoms. The van der Waals surface area contributed by atoms with Gasteiger partial charge in [0.1, 0.15) is 5.69 Å². The van der Waals surface area contributed by atoms with Crippen LogP contribution < -0.4 is 5.32 Å². The molecule has 0 bridgehead atoms. The third kappa shape index (κ3) is 3.49. The Hall–Kier alpha value is -1.04. The predicted molar refractivity (Wildman–Crippen MR) is 75.0 cm³/mol. The normalized spacial score (nSPS) is 23.1. The topological polar surface area (TPSA) is 75.4 Å². The van der Waals surface area contributed by atoms with E-state index in [0.717, 1.165) is 12.8 Å². The predicted octanol–water partition coefficient (Wildman–Crippen LogP) is 3.62. The molecule has 0 saturated heterocycles. The number of nitro groups is 1. The summed E-state index contributed by atoms with van der Waals surface area (Å²) in [6, 6.07) is 2.84. The van der Waals surface area contributed by atoms with E-state index in [0.29, 0.717) is 18.5 Å². The van der Waals surface area contributed by atoms with Crippen molar-refractivity contribution in [1.29, 1.82) is 0 Å². The highest BCUT2D eigenvalue weighted by Gasteiger charge is 2.23. The van der Waals surface area contributed by atoms with E-state index in [-0.39, 0.29) is 27.9 Å². The number of rotatable bonds is 3. The highest BCUT2D eigenvalue weighted by atomic mass is 35.5. The van der Waals surface area contributed by atoms with Crippen molar-refractivity contribution in [2.75, 3.05) is 5.32 Å². The van der Waals surface area contributed by atoms with Crippen LogP contribution in [-0.4, -0.2) is 22.2 Å². The largest absolute Gasteiger partial charge is 0.393 e. The van der Waals surface area contributed by atoms with Crippen LogP contribution in [0.15, 0.2) is 12.1 Å². The number of benzene rings is 1. The quantitative estimate of drug-likeness (QED) is 0.660. The smallest absolute Gasteiger partial charge is 0.293 e. The third-order valence-corrected chi connectivity index (χ3v) is 4.01. The standard InChI is InChI=1S/C12H14Cl2N2O3/c13-9-5-11(12(16(18)19)6-10(9)14)15-7-1-3-8(17)4-2-7/h5-8,15,17H,1-4H2. The van der Waals surface area contributed by atoms with Gasteiger partial charge in [-0.3, -0.25) is 10.1 Å². The van der Waals surface area contributed by atoms with E-state index in [4.69, 9.17) is 23.2 Å². The Morgan fingerprint density at radius 1 is 1.21 bits per heavy atom. The van der Waals surface area contributed by atoms with Crippen molar-refractivity contribution in [1.82, 2.24) is 0 Å². The van der Waals surface area contributed by atoms with Crippen molar-refractivity contribution < 1.29 is 10.0 Å². The Morgan fingerprint density at radius 3 is 2.37 bits per heavy atom. The molecule has 1 aliphatic carbocycles. The first-order chi connectivity index (χ1) is 8.97. The summed E-state index contributed by atoms with van der Waals surface area (Å²) in [5, 5.41) is 24.0. The Bertz CT molecular complexity index is 488. The number of anilines is 1. The van der Waals surface area contributed by atoms with E-state index >= 15 is 0 Å². The molecule has 104 valence electrons. The van der Waals surface area contributed by atoms with Crippen molar-refractivity contribution in [3.63, 3.8) is 0 Å². The summed E-state index contributed by atoms with van der Waals surface area (Å²) < 4.78 is 0. The molecule has 0 aliphatic heterocycles. The summed E-state index contributed by atoms with van der Waals surface area (Å²) in [4.78, 5) is 10.5. The van der Waals surface area contributed by atoms with Gasteiger partial charge in [-0.25, -0.2) is 0 Å². The minimum atomic E-state index is -0.484. The first-order valence-electron chi connectivity index (χ1n) is 6.05. The lowest BCUT2D eigenvalue weighted by molar-refractivity contribution is -0.384. The molecule has 0 heterocycles. The number of nitrogens with zero attached hydrogens (tertiary/aromatic N) is 1. The van der Waals surface area contributed by atoms with E-state index in [1.165, 1.54) is 12.1 Å². The number of halogens is 2. The van der Waals surface area contributed by atoms with Crippen LogP contribution in [0.25, 0.3) is 0 Å². The molecule has 0 unspecified atom stereocenters. The summed E-state index contributed by atoms with van der Waals surface area (Å²) in [6.07, 6.45) is 2.69. The number of aliphatic hydroxyl groups excluding tert-OH is 1. The van der Waals surface area contributed by atoms with Gasteiger partial charge in [-0.2, -0.15) is 0 Å². The third-order valence-electron chi connectivity index (χ3n) is 3.29. The maximum atomic E-state index is 11.0. The number of nitro benzene ring substituents is 1. The van der Waals surface area contributed by atoms with Gasteiger partial charge in [0.25, 0.3) is 5.69 Å². The summed E-state index contributed by atoms with van der Waals surface area (Å²) in [5.74, 6) is 0. The first-order valence-corrected chi connectivity index (χ1v) is 6.81. The lowest BCUT2D eigenvalue weighted by Gasteiger charge is -2.27. The second-order valence-electron chi connectivity index (χ2n) is 4.69. The fraction of sp³-hybridized carbons (Fsp3) is 0.500. The molecule has 5 nitrogen and oxygen atoms in total. The lowest BCUT2D eigenvalue weighted by atomic mass is 9.93. The Morgan fingerprint density at radius 2 is 1.79 bits per heavy atom. The van der Waals surface area contributed by atoms with Crippen LogP contribution in [0.4, 0.5) is 11.4 Å². The van der Waals surface area contributed by atoms with Crippen molar-refractivity contribution >= 4 is 34.6 Å². The molecule has 7 heteroatoms. The van der Waals surface area contributed by atoms with Gasteiger partial charge in [0, 0.05) is 12.1 Å². The van der Waals surface area contributed by atoms with Crippen molar-refractivity contribution in [3.8, 4) is 0 Å². The van der Waals surface area contributed by atoms with Crippen LogP contribution in [-0.2, 0) is 0 Å². The van der Waals surface area contributed by atoms with Crippen molar-refractivity contribution in [2.24, 2.45) is 0 Å². The van der Waals surface area contributed by atoms with E-state index in [1.807, 2.05) is 0 Å². The zero-order chi connectivity index (χ0) is 14.0. The number of hydrogen-bond acceptors (Lipinski definition) is 4. The molecule has 0 radical (unpaired) electrons. The van der Waals surface area contributed by atoms with Crippen LogP contribution in [0.1, 0.15) is 25.7 Å². The molecule has 0 aromatic heterocycles. The Kier molecular flexibility index (Phi) is 4.50. The number of aliphatic hydroxyl groups is 1. The van der Waals surface area contributed by atoms with Gasteiger partial charge >= 0.3 is 0 Å². The highest BCUT2D eigenvalue weighted by molar-refractivity contribution is 6.42. The summed E-state index contributed by atoms with van der Waals surface area (Å²) in [5.41, 5.74) is 0.293. The average molecular weight is 305 g/mol. The van der Waals surface area contributed by atoms with Gasteiger partial charge in [-0.1, -0.05) is 23.2 Å². The minimum absolute atomic E-state index is 0.0829. The summed E-state index contributed by atoms with van der Waals surface area (Å²) in [6.45, 7) is 0. The zero-order valence-electron chi connectivity index (χ0n) is 10.1. The molecule has 1 saturated carbocycles. The molecular weight excluding hydrogens is 291 g/mol. The molecule has 0 amide bonds. The van der Waals surface area contributed by atoms with Gasteiger partial charge in [0.2, 0.25) is 0 Å². The number of hydrogen-bond donors (Lipinski definition) is 2. The summed E-state index contributed by atoms with van der Waals surface area (Å²) in [7, 11) is 0. The van der Waals surface area contributed by atoms with Crippen molar-refractivity contribution in [3.05, 3.63) is 32.3 Å². The average Bonchev–Trinajstić information content (AvgIpc) is 2.36. The molecule has 2 rings (SSSR count). The van der Waals surface area contributed by atoms with Crippen LogP contribution >= 0.6 is 23.2 Å². The van der Waals surface area contributed by atoms with E-state index in [9.17, 15) is 15.2 Å². The van der Waals surface area contributed by atoms with Gasteiger partial charge in [0.15, 0.2) is 0 Å². The van der Waals surface area contributed by atoms with E-state index in [1.54, 1.807) is 0 Å². The highest BCUT2D eigenvalue weighted by Crippen LogP contribution is 2.35. The summed E-state index contributed by atoms with van der Waals surface area (Å²) >= 11 is 11.7. The van der Waals surface area contributed by atoms with Gasteiger partial charge < -0.3 is 10.4 Å². The SMILES string of the molecule is O=[N+]([O-])c1cc(Cl)c(Cl)cc1NC1CCC(O)CC1. The second kappa shape index (κ2) is 5.94. The molecule has 0 atom stereocenters. The van der Waals surface area contributed by atoms with Gasteiger partial charge in [-0.05, 0) is 31.7 Å². The molecular formula is C12H14Cl2N2O3. The fourth-order valence-electron chi connectivity index (χ4n) is 2.24. The van der Waals surface area contributed by atoms with Crippen LogP contribution in [0.2, 0.25) is 10.0 Å². The Labute approximate surface area is 120 Å². The van der Waals surface area contributed by atoms with Crippen LogP contribution in [0, 0.1) is 10.1 Å². The maximum absolute atomic E-state index is 11.0. The van der Waals surface area contributed by atoms with Gasteiger partial charge in [0.05, 0.1) is 21.1 Å². The van der Waals surface area contributed by atoms with Gasteiger partial charge in [-0.15, -0.1) is 0 Å². The van der Waals surface area contributed by atoms with Crippen LogP contribution in [0.5, 0.6) is 0 Å². The van der Waals surface area contributed by atoms with Crippen molar-refractivity contribution in [2.45, 2.75) is 37.8 Å². The van der Waals surface area contributed by atoms with E-state index in [2.05, 4.69) is 5.32 Å². The minimum Gasteiger partial charge on any atom is -0.393 e. The molecule has 2 N–H and O–H groups in total. The fourth-order valence-corrected chi connectivity index (χ4v) is 2.56. The Balaban J connectivity index is 2.19. The monoisotopic (exact) mass is 304 g/mol. The lowest BCUT2D eigenvalue weighted by Crippen LogP contribution is -2.28. The van der Waals surface area contributed by atoms with Crippen LogP contribution in [0.3, 0.4) is 0 Å². The first kappa shape index (κ1) is 14.4. The molecule has 1 aromatic rings. The maximum Gasteiger partial charge on any atom is 0.293 e. The molecule has 1 fully saturated rings. The molecule has 1 aromatic carbocycles. The zero-order valence-corrected chi connectivity index (χ0v) is 11.6. The van der Waals surface area contributed by atoms with E-state index < -0.39 is 4.92 Å². The molecule has 1 aliphatic rings.